The molecule has 8 nitrogen and oxygen atoms in total. The van der Waals surface area contributed by atoms with Gasteiger partial charge in [-0.2, -0.15) is 0 Å². The van der Waals surface area contributed by atoms with Crippen LogP contribution in [-0.4, -0.2) is 54.6 Å². The molecule has 0 saturated heterocycles. The maximum Gasteiger partial charge on any atom is 1.00 e. The first-order valence-electron chi connectivity index (χ1n) is 10.7. The number of carboxylic acid groups (broad SMARTS) is 1. The van der Waals surface area contributed by atoms with Crippen LogP contribution in [0.3, 0.4) is 0 Å². The summed E-state index contributed by atoms with van der Waals surface area (Å²) in [5.74, 6) is -0.242. The van der Waals surface area contributed by atoms with E-state index in [0.717, 1.165) is 22.6 Å². The quantitative estimate of drug-likeness (QED) is 0.510. The van der Waals surface area contributed by atoms with Crippen LogP contribution in [0.5, 0.6) is 5.75 Å². The molecule has 0 aromatic heterocycles. The van der Waals surface area contributed by atoms with Gasteiger partial charge in [-0.15, -0.1) is 0 Å². The number of ether oxygens (including phenoxy) is 3. The van der Waals surface area contributed by atoms with Gasteiger partial charge in [-0.3, -0.25) is 4.90 Å². The van der Waals surface area contributed by atoms with E-state index in [4.69, 9.17) is 14.2 Å². The van der Waals surface area contributed by atoms with Crippen molar-refractivity contribution in [3.05, 3.63) is 59.7 Å². The average Bonchev–Trinajstić information content (AvgIpc) is 2.73. The zero-order valence-electron chi connectivity index (χ0n) is 20.9. The van der Waals surface area contributed by atoms with Crippen LogP contribution in [-0.2, 0) is 27.1 Å². The Morgan fingerprint density at radius 1 is 1.00 bits per heavy atom. The van der Waals surface area contributed by atoms with Gasteiger partial charge in [0.1, 0.15) is 11.4 Å². The number of rotatable bonds is 10. The van der Waals surface area contributed by atoms with Gasteiger partial charge < -0.3 is 24.8 Å². The van der Waals surface area contributed by atoms with E-state index in [1.807, 2.05) is 69.3 Å². The van der Waals surface area contributed by atoms with Crippen molar-refractivity contribution in [1.29, 1.82) is 0 Å². The summed E-state index contributed by atoms with van der Waals surface area (Å²) in [4.78, 5) is 24.9. The standard InChI is InChI=1S/C25H33NO6.Na.H2O/c1-6-30-22(23(27)28)17-19-9-13-21(14-10-19)31-16-15-18-7-11-20(12-8-18)26(5)24(29)32-25(2,3)4;;/h7-14,22H,6,15-17H2,1-5H3,(H,27,28);;1H2/q;+1;/p-1/t22-;;/m0../s1. The van der Waals surface area contributed by atoms with Crippen molar-refractivity contribution in [2.45, 2.75) is 52.2 Å². The molecule has 0 unspecified atom stereocenters. The molecule has 2 aromatic carbocycles. The molecule has 9 heteroatoms. The van der Waals surface area contributed by atoms with Crippen molar-refractivity contribution in [2.75, 3.05) is 25.2 Å². The molecule has 34 heavy (non-hydrogen) atoms. The number of carbonyl (C=O) groups is 2. The molecular weight excluding hydrogens is 449 g/mol. The smallest absolute Gasteiger partial charge is 0.870 e. The SMILES string of the molecule is CCO[C@@H](Cc1ccc(OCCc2ccc(N(C)C(=O)OC(C)(C)C)cc2)cc1)C(=O)O.[Na+].[OH-]. The van der Waals surface area contributed by atoms with Crippen molar-refractivity contribution in [3.8, 4) is 5.75 Å². The van der Waals surface area contributed by atoms with Gasteiger partial charge in [0.2, 0.25) is 0 Å². The number of aliphatic carboxylic acids is 1. The number of anilines is 1. The van der Waals surface area contributed by atoms with Crippen LogP contribution in [0.25, 0.3) is 0 Å². The molecule has 0 aliphatic heterocycles. The fourth-order valence-electron chi connectivity index (χ4n) is 2.96. The van der Waals surface area contributed by atoms with Crippen molar-refractivity contribution < 1.29 is 63.9 Å². The third-order valence-electron chi connectivity index (χ3n) is 4.64. The minimum Gasteiger partial charge on any atom is -0.870 e. The summed E-state index contributed by atoms with van der Waals surface area (Å²) in [6.07, 6.45) is -0.214. The van der Waals surface area contributed by atoms with E-state index >= 15 is 0 Å². The summed E-state index contributed by atoms with van der Waals surface area (Å²) in [7, 11) is 1.68. The molecule has 0 radical (unpaired) electrons. The Morgan fingerprint density at radius 2 is 1.56 bits per heavy atom. The number of hydrogen-bond donors (Lipinski definition) is 1. The van der Waals surface area contributed by atoms with Gasteiger partial charge in [-0.05, 0) is 63.1 Å². The molecule has 2 rings (SSSR count). The van der Waals surface area contributed by atoms with Crippen molar-refractivity contribution >= 4 is 17.7 Å². The van der Waals surface area contributed by atoms with Crippen LogP contribution in [0.1, 0.15) is 38.8 Å². The summed E-state index contributed by atoms with van der Waals surface area (Å²) >= 11 is 0. The molecule has 0 aliphatic carbocycles. The largest absolute Gasteiger partial charge is 1.00 e. The predicted molar refractivity (Wildman–Crippen MR) is 125 cm³/mol. The van der Waals surface area contributed by atoms with Crippen molar-refractivity contribution in [2.24, 2.45) is 0 Å². The van der Waals surface area contributed by atoms with E-state index in [1.165, 1.54) is 4.90 Å². The van der Waals surface area contributed by atoms with Crippen LogP contribution < -0.4 is 39.2 Å². The summed E-state index contributed by atoms with van der Waals surface area (Å²) in [6.45, 7) is 8.14. The molecule has 0 fully saturated rings. The topological polar surface area (TPSA) is 115 Å². The van der Waals surface area contributed by atoms with E-state index in [2.05, 4.69) is 0 Å². The van der Waals surface area contributed by atoms with Crippen molar-refractivity contribution in [1.82, 2.24) is 0 Å². The second-order valence-corrected chi connectivity index (χ2v) is 8.43. The summed E-state index contributed by atoms with van der Waals surface area (Å²) in [6, 6.07) is 15.1. The van der Waals surface area contributed by atoms with E-state index in [1.54, 1.807) is 14.0 Å². The molecule has 0 spiro atoms. The Bertz CT molecular complexity index is 880. The third-order valence-corrected chi connectivity index (χ3v) is 4.64. The fraction of sp³-hybridized carbons (Fsp3) is 0.440. The van der Waals surface area contributed by atoms with Gasteiger partial charge in [0.05, 0.1) is 6.61 Å². The molecule has 1 atom stereocenters. The number of hydrogen-bond acceptors (Lipinski definition) is 6. The van der Waals surface area contributed by atoms with E-state index in [0.29, 0.717) is 26.1 Å². The number of benzene rings is 2. The number of carbonyl (C=O) groups excluding carboxylic acids is 1. The number of carboxylic acids is 1. The summed E-state index contributed by atoms with van der Waals surface area (Å²) in [5, 5.41) is 9.19. The van der Waals surface area contributed by atoms with E-state index in [9.17, 15) is 14.7 Å². The zero-order chi connectivity index (χ0) is 23.7. The molecular formula is C25H34NNaO7. The molecule has 182 valence electrons. The van der Waals surface area contributed by atoms with Crippen LogP contribution in [0.2, 0.25) is 0 Å². The normalized spacial score (nSPS) is 11.4. The third kappa shape index (κ3) is 10.9. The van der Waals surface area contributed by atoms with Crippen LogP contribution in [0.4, 0.5) is 10.5 Å². The van der Waals surface area contributed by atoms with Crippen molar-refractivity contribution in [3.63, 3.8) is 0 Å². The van der Waals surface area contributed by atoms with Gasteiger partial charge in [0.15, 0.2) is 6.10 Å². The van der Waals surface area contributed by atoms with Gasteiger partial charge >= 0.3 is 41.6 Å². The van der Waals surface area contributed by atoms with Crippen LogP contribution >= 0.6 is 0 Å². The van der Waals surface area contributed by atoms with E-state index in [-0.39, 0.29) is 35.0 Å². The Morgan fingerprint density at radius 3 is 2.06 bits per heavy atom. The minimum atomic E-state index is -0.963. The molecule has 1 amide bonds. The maximum absolute atomic E-state index is 12.2. The minimum absolute atomic E-state index is 0. The second-order valence-electron chi connectivity index (χ2n) is 8.43. The summed E-state index contributed by atoms with van der Waals surface area (Å²) < 4.78 is 16.4. The number of amides is 1. The van der Waals surface area contributed by atoms with Crippen LogP contribution in [0.15, 0.2) is 48.5 Å². The first kappa shape index (κ1) is 31.9. The fourth-order valence-corrected chi connectivity index (χ4v) is 2.96. The Kier molecular flexibility index (Phi) is 14.1. The molecule has 2 aromatic rings. The molecule has 0 bridgehead atoms. The molecule has 0 heterocycles. The Hall–Kier alpha value is -2.10. The van der Waals surface area contributed by atoms with E-state index < -0.39 is 23.8 Å². The zero-order valence-corrected chi connectivity index (χ0v) is 22.9. The second kappa shape index (κ2) is 15.0. The maximum atomic E-state index is 12.2. The predicted octanol–water partition coefficient (Wildman–Crippen LogP) is 1.54. The summed E-state index contributed by atoms with van der Waals surface area (Å²) in [5.41, 5.74) is 2.18. The van der Waals surface area contributed by atoms with Gasteiger partial charge in [-0.1, -0.05) is 24.3 Å². The first-order chi connectivity index (χ1) is 15.1. The molecule has 0 aliphatic rings. The van der Waals surface area contributed by atoms with Crippen LogP contribution in [0, 0.1) is 0 Å². The number of nitrogens with zero attached hydrogens (tertiary/aromatic N) is 1. The monoisotopic (exact) mass is 483 g/mol. The average molecular weight is 484 g/mol. The Balaban J connectivity index is 0.00000544. The van der Waals surface area contributed by atoms with Gasteiger partial charge in [0, 0.05) is 32.2 Å². The molecule has 2 N–H and O–H groups in total. The molecule has 0 saturated carbocycles. The first-order valence-corrected chi connectivity index (χ1v) is 10.7. The van der Waals surface area contributed by atoms with Gasteiger partial charge in [-0.25, -0.2) is 9.59 Å². The Labute approximate surface area is 223 Å². The van der Waals surface area contributed by atoms with Gasteiger partial charge in [0.25, 0.3) is 0 Å².